The van der Waals surface area contributed by atoms with Gasteiger partial charge in [0, 0.05) is 23.9 Å². The van der Waals surface area contributed by atoms with Crippen molar-refractivity contribution in [2.24, 2.45) is 0 Å². The molecule has 2 N–H and O–H groups in total. The standard InChI is InChI=1S/C12H12ClN3O2/c13-11-7-3-1-2-4-8(7)12(15-14-11)16-5-9(17)10(18)6-16/h1-4,9-10,17-18H,5-6H2. The number of fused-ring (bicyclic) bond motifs is 1. The zero-order valence-corrected chi connectivity index (χ0v) is 10.2. The van der Waals surface area contributed by atoms with E-state index in [0.29, 0.717) is 24.1 Å². The van der Waals surface area contributed by atoms with Crippen LogP contribution in [-0.2, 0) is 0 Å². The number of halogens is 1. The van der Waals surface area contributed by atoms with Gasteiger partial charge < -0.3 is 15.1 Å². The summed E-state index contributed by atoms with van der Waals surface area (Å²) >= 11 is 6.00. The Bertz CT molecular complexity index is 583. The van der Waals surface area contributed by atoms with Gasteiger partial charge in [0.15, 0.2) is 11.0 Å². The average Bonchev–Trinajstić information content (AvgIpc) is 2.70. The SMILES string of the molecule is OC1CN(c2nnc(Cl)c3ccccc23)CC1O. The molecule has 2 atom stereocenters. The lowest BCUT2D eigenvalue weighted by Crippen LogP contribution is -2.22. The molecule has 2 unspecified atom stereocenters. The minimum atomic E-state index is -0.749. The molecule has 1 aliphatic heterocycles. The van der Waals surface area contributed by atoms with Crippen molar-refractivity contribution in [3.8, 4) is 0 Å². The fourth-order valence-electron chi connectivity index (χ4n) is 2.23. The van der Waals surface area contributed by atoms with Gasteiger partial charge in [-0.3, -0.25) is 0 Å². The number of aromatic nitrogens is 2. The third-order valence-corrected chi connectivity index (χ3v) is 3.46. The molecule has 94 valence electrons. The largest absolute Gasteiger partial charge is 0.389 e. The normalized spacial score (nSPS) is 23.8. The van der Waals surface area contributed by atoms with Crippen molar-refractivity contribution in [3.05, 3.63) is 29.4 Å². The van der Waals surface area contributed by atoms with E-state index in [9.17, 15) is 10.2 Å². The summed E-state index contributed by atoms with van der Waals surface area (Å²) < 4.78 is 0. The van der Waals surface area contributed by atoms with Crippen LogP contribution in [0.5, 0.6) is 0 Å². The van der Waals surface area contributed by atoms with Crippen LogP contribution in [0.25, 0.3) is 10.8 Å². The first-order valence-electron chi connectivity index (χ1n) is 5.69. The van der Waals surface area contributed by atoms with E-state index in [-0.39, 0.29) is 0 Å². The molecular formula is C12H12ClN3O2. The van der Waals surface area contributed by atoms with Gasteiger partial charge in [0.1, 0.15) is 0 Å². The molecule has 0 saturated carbocycles. The number of anilines is 1. The van der Waals surface area contributed by atoms with Crippen molar-refractivity contribution in [2.45, 2.75) is 12.2 Å². The van der Waals surface area contributed by atoms with E-state index < -0.39 is 12.2 Å². The maximum absolute atomic E-state index is 9.59. The van der Waals surface area contributed by atoms with Crippen LogP contribution in [0.2, 0.25) is 5.15 Å². The molecule has 1 saturated heterocycles. The number of hydrogen-bond acceptors (Lipinski definition) is 5. The molecule has 0 spiro atoms. The van der Waals surface area contributed by atoms with Crippen molar-refractivity contribution >= 4 is 28.2 Å². The molecule has 0 amide bonds. The van der Waals surface area contributed by atoms with Crippen molar-refractivity contribution in [1.29, 1.82) is 0 Å². The van der Waals surface area contributed by atoms with Gasteiger partial charge in [0.2, 0.25) is 0 Å². The van der Waals surface area contributed by atoms with Gasteiger partial charge in [0.25, 0.3) is 0 Å². The average molecular weight is 266 g/mol. The molecule has 0 bridgehead atoms. The maximum Gasteiger partial charge on any atom is 0.159 e. The Kier molecular flexibility index (Phi) is 2.81. The summed E-state index contributed by atoms with van der Waals surface area (Å²) in [6.07, 6.45) is -1.50. The van der Waals surface area contributed by atoms with E-state index in [2.05, 4.69) is 10.2 Å². The Morgan fingerprint density at radius 1 is 1.06 bits per heavy atom. The zero-order valence-electron chi connectivity index (χ0n) is 9.49. The molecular weight excluding hydrogens is 254 g/mol. The Hall–Kier alpha value is -1.43. The molecule has 5 nitrogen and oxygen atoms in total. The molecule has 3 rings (SSSR count). The van der Waals surface area contributed by atoms with Crippen molar-refractivity contribution in [3.63, 3.8) is 0 Å². The predicted molar refractivity (Wildman–Crippen MR) is 68.8 cm³/mol. The summed E-state index contributed by atoms with van der Waals surface area (Å²) in [6.45, 7) is 0.697. The highest BCUT2D eigenvalue weighted by atomic mass is 35.5. The molecule has 18 heavy (non-hydrogen) atoms. The Morgan fingerprint density at radius 2 is 1.67 bits per heavy atom. The van der Waals surface area contributed by atoms with Crippen LogP contribution >= 0.6 is 11.6 Å². The van der Waals surface area contributed by atoms with Crippen molar-refractivity contribution in [2.75, 3.05) is 18.0 Å². The summed E-state index contributed by atoms with van der Waals surface area (Å²) in [5, 5.41) is 29.2. The smallest absolute Gasteiger partial charge is 0.159 e. The summed E-state index contributed by atoms with van der Waals surface area (Å²) in [5.74, 6) is 0.644. The quantitative estimate of drug-likeness (QED) is 0.799. The molecule has 1 aromatic carbocycles. The summed E-state index contributed by atoms with van der Waals surface area (Å²) in [6, 6.07) is 7.56. The summed E-state index contributed by atoms with van der Waals surface area (Å²) in [4.78, 5) is 1.82. The van der Waals surface area contributed by atoms with Crippen molar-refractivity contribution in [1.82, 2.24) is 10.2 Å². The van der Waals surface area contributed by atoms with E-state index in [0.717, 1.165) is 10.8 Å². The molecule has 6 heteroatoms. The lowest BCUT2D eigenvalue weighted by atomic mass is 10.2. The van der Waals surface area contributed by atoms with E-state index in [1.807, 2.05) is 29.2 Å². The van der Waals surface area contributed by atoms with Crippen LogP contribution in [0, 0.1) is 0 Å². The fourth-order valence-corrected chi connectivity index (χ4v) is 2.44. The first-order chi connectivity index (χ1) is 8.66. The monoisotopic (exact) mass is 265 g/mol. The lowest BCUT2D eigenvalue weighted by Gasteiger charge is -2.17. The molecule has 2 aromatic rings. The molecule has 1 aromatic heterocycles. The Morgan fingerprint density at radius 3 is 2.33 bits per heavy atom. The molecule has 2 heterocycles. The van der Waals surface area contributed by atoms with Gasteiger partial charge >= 0.3 is 0 Å². The van der Waals surface area contributed by atoms with Gasteiger partial charge in [-0.2, -0.15) is 0 Å². The van der Waals surface area contributed by atoms with Gasteiger partial charge in [-0.1, -0.05) is 35.9 Å². The second-order valence-corrected chi connectivity index (χ2v) is 4.76. The number of nitrogens with zero attached hydrogens (tertiary/aromatic N) is 3. The predicted octanol–water partition coefficient (Wildman–Crippen LogP) is 0.825. The number of aliphatic hydroxyl groups is 2. The third kappa shape index (κ3) is 1.80. The molecule has 1 aliphatic rings. The molecule has 0 aliphatic carbocycles. The van der Waals surface area contributed by atoms with Crippen LogP contribution < -0.4 is 4.90 Å². The summed E-state index contributed by atoms with van der Waals surface area (Å²) in [7, 11) is 0. The second kappa shape index (κ2) is 4.35. The minimum Gasteiger partial charge on any atom is -0.389 e. The van der Waals surface area contributed by atoms with Gasteiger partial charge in [-0.05, 0) is 0 Å². The first-order valence-corrected chi connectivity index (χ1v) is 6.06. The minimum absolute atomic E-state index is 0.349. The van der Waals surface area contributed by atoms with Gasteiger partial charge in [-0.25, -0.2) is 0 Å². The molecule has 0 radical (unpaired) electrons. The highest BCUT2D eigenvalue weighted by molar-refractivity contribution is 6.34. The fraction of sp³-hybridized carbons (Fsp3) is 0.333. The third-order valence-electron chi connectivity index (χ3n) is 3.18. The zero-order chi connectivity index (χ0) is 12.7. The number of aliphatic hydroxyl groups excluding tert-OH is 2. The van der Waals surface area contributed by atoms with Crippen LogP contribution in [-0.4, -0.2) is 45.7 Å². The highest BCUT2D eigenvalue weighted by Crippen LogP contribution is 2.29. The topological polar surface area (TPSA) is 69.5 Å². The van der Waals surface area contributed by atoms with Crippen LogP contribution in [0.3, 0.4) is 0 Å². The van der Waals surface area contributed by atoms with E-state index >= 15 is 0 Å². The number of benzene rings is 1. The first kappa shape index (κ1) is 11.6. The van der Waals surface area contributed by atoms with E-state index in [1.54, 1.807) is 0 Å². The maximum atomic E-state index is 9.59. The summed E-state index contributed by atoms with van der Waals surface area (Å²) in [5.41, 5.74) is 0. The van der Waals surface area contributed by atoms with Crippen LogP contribution in [0.1, 0.15) is 0 Å². The molecule has 1 fully saturated rings. The highest BCUT2D eigenvalue weighted by Gasteiger charge is 2.31. The lowest BCUT2D eigenvalue weighted by molar-refractivity contribution is 0.0572. The van der Waals surface area contributed by atoms with Gasteiger partial charge in [-0.15, -0.1) is 10.2 Å². The second-order valence-electron chi connectivity index (χ2n) is 4.40. The van der Waals surface area contributed by atoms with Crippen molar-refractivity contribution < 1.29 is 10.2 Å². The number of rotatable bonds is 1. The van der Waals surface area contributed by atoms with Crippen LogP contribution in [0.15, 0.2) is 24.3 Å². The van der Waals surface area contributed by atoms with Crippen LogP contribution in [0.4, 0.5) is 5.82 Å². The number of hydrogen-bond donors (Lipinski definition) is 2. The van der Waals surface area contributed by atoms with Gasteiger partial charge in [0.05, 0.1) is 12.2 Å². The van der Waals surface area contributed by atoms with E-state index in [4.69, 9.17) is 11.6 Å². The van der Waals surface area contributed by atoms with E-state index in [1.165, 1.54) is 0 Å². The number of β-amino-alcohol motifs (C(OH)–C–C–N with tert-alkyl or cyclic N) is 2. The Balaban J connectivity index is 2.10. The Labute approximate surface area is 109 Å².